The Morgan fingerprint density at radius 3 is 2.31 bits per heavy atom. The molecular formula is C11H23NO. The Morgan fingerprint density at radius 1 is 1.23 bits per heavy atom. The summed E-state index contributed by atoms with van der Waals surface area (Å²) in [4.78, 5) is 2.52. The van der Waals surface area contributed by atoms with E-state index in [1.165, 1.54) is 19.4 Å². The van der Waals surface area contributed by atoms with E-state index in [9.17, 15) is 0 Å². The summed E-state index contributed by atoms with van der Waals surface area (Å²) in [6, 6.07) is 0.691. The Balaban J connectivity index is 0.000000396. The number of rotatable bonds is 1. The molecule has 2 aliphatic rings. The molecule has 1 aliphatic heterocycles. The third-order valence-electron chi connectivity index (χ3n) is 2.82. The van der Waals surface area contributed by atoms with Crippen molar-refractivity contribution < 1.29 is 4.74 Å². The van der Waals surface area contributed by atoms with Gasteiger partial charge in [-0.1, -0.05) is 13.8 Å². The van der Waals surface area contributed by atoms with Gasteiger partial charge in [-0.25, -0.2) is 0 Å². The van der Waals surface area contributed by atoms with Crippen molar-refractivity contribution in [1.82, 2.24) is 4.90 Å². The Hall–Kier alpha value is -0.0800. The molecule has 2 nitrogen and oxygen atoms in total. The van der Waals surface area contributed by atoms with Gasteiger partial charge in [-0.15, -0.1) is 0 Å². The zero-order valence-corrected chi connectivity index (χ0v) is 9.47. The van der Waals surface area contributed by atoms with Crippen LogP contribution < -0.4 is 0 Å². The lowest BCUT2D eigenvalue weighted by Gasteiger charge is -2.35. The van der Waals surface area contributed by atoms with Crippen LogP contribution in [0.1, 0.15) is 40.5 Å². The molecule has 0 bridgehead atoms. The molecule has 1 saturated heterocycles. The predicted molar refractivity (Wildman–Crippen MR) is 56.0 cm³/mol. The molecule has 0 amide bonds. The lowest BCUT2D eigenvalue weighted by Crippen LogP contribution is -2.46. The van der Waals surface area contributed by atoms with Crippen LogP contribution in [-0.2, 0) is 4.74 Å². The van der Waals surface area contributed by atoms with Gasteiger partial charge < -0.3 is 4.74 Å². The van der Waals surface area contributed by atoms with Crippen LogP contribution in [0, 0.1) is 0 Å². The van der Waals surface area contributed by atoms with Crippen LogP contribution in [0.3, 0.4) is 0 Å². The van der Waals surface area contributed by atoms with Gasteiger partial charge in [-0.3, -0.25) is 4.90 Å². The Kier molecular flexibility index (Phi) is 3.74. The molecule has 0 N–H and O–H groups in total. The van der Waals surface area contributed by atoms with Gasteiger partial charge in [0.25, 0.3) is 0 Å². The molecule has 1 spiro atoms. The lowest BCUT2D eigenvalue weighted by atomic mass is 10.2. The van der Waals surface area contributed by atoms with Crippen LogP contribution >= 0.6 is 0 Å². The van der Waals surface area contributed by atoms with Crippen molar-refractivity contribution in [1.29, 1.82) is 0 Å². The normalized spacial score (nSPS) is 25.6. The molecule has 0 aromatic carbocycles. The van der Waals surface area contributed by atoms with Gasteiger partial charge in [0.1, 0.15) is 0 Å². The minimum Gasteiger partial charge on any atom is -0.372 e. The number of morpholine rings is 1. The van der Waals surface area contributed by atoms with E-state index in [0.717, 1.165) is 13.2 Å². The van der Waals surface area contributed by atoms with Gasteiger partial charge in [-0.2, -0.15) is 0 Å². The van der Waals surface area contributed by atoms with Gasteiger partial charge in [0.05, 0.1) is 12.2 Å². The molecular weight excluding hydrogens is 162 g/mol. The highest BCUT2D eigenvalue weighted by Gasteiger charge is 2.47. The smallest absolute Gasteiger partial charge is 0.0811 e. The second kappa shape index (κ2) is 4.43. The third kappa shape index (κ3) is 2.68. The van der Waals surface area contributed by atoms with E-state index in [1.54, 1.807) is 0 Å². The highest BCUT2D eigenvalue weighted by atomic mass is 16.5. The van der Waals surface area contributed by atoms with Gasteiger partial charge in [0.15, 0.2) is 0 Å². The van der Waals surface area contributed by atoms with Gasteiger partial charge >= 0.3 is 0 Å². The largest absolute Gasteiger partial charge is 0.372 e. The number of hydrogen-bond donors (Lipinski definition) is 0. The molecule has 0 radical (unpaired) electrons. The highest BCUT2D eigenvalue weighted by Crippen LogP contribution is 2.42. The first-order chi connectivity index (χ1) is 6.22. The monoisotopic (exact) mass is 185 g/mol. The molecule has 1 aliphatic carbocycles. The third-order valence-corrected chi connectivity index (χ3v) is 2.82. The molecule has 2 rings (SSSR count). The number of nitrogens with zero attached hydrogens (tertiary/aromatic N) is 1. The van der Waals surface area contributed by atoms with Crippen molar-refractivity contribution in [2.75, 3.05) is 19.7 Å². The molecule has 2 heteroatoms. The van der Waals surface area contributed by atoms with E-state index in [-0.39, 0.29) is 0 Å². The summed E-state index contributed by atoms with van der Waals surface area (Å²) in [6.45, 7) is 11.8. The summed E-state index contributed by atoms with van der Waals surface area (Å²) in [5, 5.41) is 0. The lowest BCUT2D eigenvalue weighted by molar-refractivity contribution is -0.0553. The molecule has 78 valence electrons. The van der Waals surface area contributed by atoms with Crippen molar-refractivity contribution >= 4 is 0 Å². The summed E-state index contributed by atoms with van der Waals surface area (Å²) in [5.74, 6) is 0. The molecule has 0 atom stereocenters. The summed E-state index contributed by atoms with van der Waals surface area (Å²) in [5.41, 5.74) is 0.308. The average molecular weight is 185 g/mol. The molecule has 0 aromatic rings. The molecule has 1 saturated carbocycles. The molecule has 1 heterocycles. The van der Waals surface area contributed by atoms with E-state index >= 15 is 0 Å². The van der Waals surface area contributed by atoms with Gasteiger partial charge in [0, 0.05) is 19.1 Å². The summed E-state index contributed by atoms with van der Waals surface area (Å²) < 4.78 is 5.72. The van der Waals surface area contributed by atoms with Crippen molar-refractivity contribution in [3.8, 4) is 0 Å². The van der Waals surface area contributed by atoms with Crippen LogP contribution in [0.4, 0.5) is 0 Å². The van der Waals surface area contributed by atoms with Crippen molar-refractivity contribution in [3.05, 3.63) is 0 Å². The molecule has 13 heavy (non-hydrogen) atoms. The van der Waals surface area contributed by atoms with Crippen LogP contribution in [0.2, 0.25) is 0 Å². The summed E-state index contributed by atoms with van der Waals surface area (Å²) in [7, 11) is 0. The fourth-order valence-electron chi connectivity index (χ4n) is 1.76. The first kappa shape index (κ1) is 11.0. The maximum Gasteiger partial charge on any atom is 0.0811 e. The van der Waals surface area contributed by atoms with Crippen molar-refractivity contribution in [3.63, 3.8) is 0 Å². The first-order valence-electron chi connectivity index (χ1n) is 5.60. The van der Waals surface area contributed by atoms with Crippen molar-refractivity contribution in [2.24, 2.45) is 0 Å². The molecule has 0 unspecified atom stereocenters. The highest BCUT2D eigenvalue weighted by molar-refractivity contribution is 5.00. The second-order valence-electron chi connectivity index (χ2n) is 4.10. The van der Waals surface area contributed by atoms with E-state index in [1.807, 2.05) is 13.8 Å². The predicted octanol–water partition coefficient (Wildman–Crippen LogP) is 2.29. The zero-order chi connectivity index (χ0) is 9.90. The maximum absolute atomic E-state index is 5.72. The fraction of sp³-hybridized carbons (Fsp3) is 1.00. The zero-order valence-electron chi connectivity index (χ0n) is 9.47. The maximum atomic E-state index is 5.72. The Labute approximate surface area is 82.3 Å². The minimum absolute atomic E-state index is 0.308. The molecule has 2 fully saturated rings. The molecule has 0 aromatic heterocycles. The van der Waals surface area contributed by atoms with E-state index in [4.69, 9.17) is 4.74 Å². The van der Waals surface area contributed by atoms with Crippen molar-refractivity contribution in [2.45, 2.75) is 52.2 Å². The van der Waals surface area contributed by atoms with Crippen LogP contribution in [0.5, 0.6) is 0 Å². The minimum atomic E-state index is 0.308. The Morgan fingerprint density at radius 2 is 1.85 bits per heavy atom. The van der Waals surface area contributed by atoms with E-state index in [0.29, 0.717) is 11.6 Å². The topological polar surface area (TPSA) is 12.5 Å². The van der Waals surface area contributed by atoms with E-state index in [2.05, 4.69) is 18.7 Å². The number of hydrogen-bond acceptors (Lipinski definition) is 2. The standard InChI is InChI=1S/C9H17NO.C2H6/c1-8(2)10-5-6-11-9(7-10)3-4-9;1-2/h8H,3-7H2,1-2H3;1-2H3. The van der Waals surface area contributed by atoms with Crippen LogP contribution in [-0.4, -0.2) is 36.2 Å². The average Bonchev–Trinajstić information content (AvgIpc) is 2.88. The second-order valence-corrected chi connectivity index (χ2v) is 4.10. The first-order valence-corrected chi connectivity index (χ1v) is 5.60. The van der Waals surface area contributed by atoms with Gasteiger partial charge in [0.2, 0.25) is 0 Å². The van der Waals surface area contributed by atoms with Gasteiger partial charge in [-0.05, 0) is 26.7 Å². The SMILES string of the molecule is CC.CC(C)N1CCOC2(CC2)C1. The quantitative estimate of drug-likeness (QED) is 0.621. The van der Waals surface area contributed by atoms with Crippen LogP contribution in [0.15, 0.2) is 0 Å². The van der Waals surface area contributed by atoms with Crippen LogP contribution in [0.25, 0.3) is 0 Å². The van der Waals surface area contributed by atoms with E-state index < -0.39 is 0 Å². The summed E-state index contributed by atoms with van der Waals surface area (Å²) >= 11 is 0. The Bertz CT molecular complexity index is 152. The fourth-order valence-corrected chi connectivity index (χ4v) is 1.76. The number of ether oxygens (including phenoxy) is 1. The summed E-state index contributed by atoms with van der Waals surface area (Å²) in [6.07, 6.45) is 2.58.